The molecule has 0 spiro atoms. The van der Waals surface area contributed by atoms with Crippen LogP contribution in [0.1, 0.15) is 6.42 Å². The van der Waals surface area contributed by atoms with Gasteiger partial charge < -0.3 is 9.88 Å². The Morgan fingerprint density at radius 1 is 1.30 bits per heavy atom. The fourth-order valence-corrected chi connectivity index (χ4v) is 4.29. The predicted molar refractivity (Wildman–Crippen MR) is 77.1 cm³/mol. The largest absolute Gasteiger partial charge is 0.351 e. The Kier molecular flexibility index (Phi) is 3.25. The lowest BCUT2D eigenvalue weighted by Gasteiger charge is -2.11. The lowest BCUT2D eigenvalue weighted by atomic mass is 10.2. The molecule has 1 fully saturated rings. The highest BCUT2D eigenvalue weighted by atomic mass is 32.2. The number of aromatic nitrogens is 1. The molecule has 1 amide bonds. The van der Waals surface area contributed by atoms with Gasteiger partial charge in [-0.2, -0.15) is 0 Å². The molecule has 106 valence electrons. The van der Waals surface area contributed by atoms with Crippen LogP contribution >= 0.6 is 0 Å². The predicted octanol–water partition coefficient (Wildman–Crippen LogP) is 0.945. The Hall–Kier alpha value is -1.82. The SMILES string of the molecule is O=C(Cn1ccc2ccccc21)N[C@@H]1CCS(=O)(=O)C1. The Bertz CT molecular complexity index is 749. The van der Waals surface area contributed by atoms with Gasteiger partial charge in [0.05, 0.1) is 11.5 Å². The maximum atomic E-state index is 12.0. The smallest absolute Gasteiger partial charge is 0.240 e. The molecule has 1 atom stereocenters. The van der Waals surface area contributed by atoms with Gasteiger partial charge in [0.25, 0.3) is 0 Å². The van der Waals surface area contributed by atoms with Gasteiger partial charge in [0.15, 0.2) is 9.84 Å². The molecule has 0 radical (unpaired) electrons. The molecule has 6 heteroatoms. The fourth-order valence-electron chi connectivity index (χ4n) is 2.62. The summed E-state index contributed by atoms with van der Waals surface area (Å²) >= 11 is 0. The van der Waals surface area contributed by atoms with E-state index in [1.165, 1.54) is 0 Å². The lowest BCUT2D eigenvalue weighted by Crippen LogP contribution is -2.37. The number of sulfone groups is 1. The number of benzene rings is 1. The fraction of sp³-hybridized carbons (Fsp3) is 0.357. The maximum Gasteiger partial charge on any atom is 0.240 e. The van der Waals surface area contributed by atoms with Crippen molar-refractivity contribution in [2.45, 2.75) is 19.0 Å². The van der Waals surface area contributed by atoms with E-state index in [0.29, 0.717) is 6.42 Å². The first-order valence-electron chi connectivity index (χ1n) is 6.57. The highest BCUT2D eigenvalue weighted by Crippen LogP contribution is 2.15. The van der Waals surface area contributed by atoms with Crippen LogP contribution in [-0.4, -0.2) is 36.4 Å². The zero-order valence-electron chi connectivity index (χ0n) is 11.0. The molecule has 1 aromatic carbocycles. The molecule has 1 aliphatic heterocycles. The minimum Gasteiger partial charge on any atom is -0.351 e. The molecule has 1 aromatic heterocycles. The van der Waals surface area contributed by atoms with Crippen LogP contribution in [0.15, 0.2) is 36.5 Å². The summed E-state index contributed by atoms with van der Waals surface area (Å²) in [7, 11) is -2.96. The topological polar surface area (TPSA) is 68.2 Å². The van der Waals surface area contributed by atoms with E-state index in [2.05, 4.69) is 5.32 Å². The molecule has 5 nitrogen and oxygen atoms in total. The van der Waals surface area contributed by atoms with Crippen LogP contribution in [0.25, 0.3) is 10.9 Å². The Labute approximate surface area is 117 Å². The summed E-state index contributed by atoms with van der Waals surface area (Å²) in [4.78, 5) is 12.0. The van der Waals surface area contributed by atoms with E-state index < -0.39 is 9.84 Å². The number of amides is 1. The van der Waals surface area contributed by atoms with Crippen LogP contribution in [0.4, 0.5) is 0 Å². The van der Waals surface area contributed by atoms with Crippen molar-refractivity contribution in [2.24, 2.45) is 0 Å². The van der Waals surface area contributed by atoms with Gasteiger partial charge in [0, 0.05) is 17.8 Å². The number of nitrogens with zero attached hydrogens (tertiary/aromatic N) is 1. The van der Waals surface area contributed by atoms with Gasteiger partial charge in [-0.15, -0.1) is 0 Å². The Balaban J connectivity index is 1.67. The third-order valence-corrected chi connectivity index (χ3v) is 5.36. The first-order chi connectivity index (χ1) is 9.53. The monoisotopic (exact) mass is 292 g/mol. The molecule has 1 aliphatic rings. The van der Waals surface area contributed by atoms with Crippen molar-refractivity contribution in [1.29, 1.82) is 0 Å². The zero-order chi connectivity index (χ0) is 14.2. The molecule has 0 bridgehead atoms. The van der Waals surface area contributed by atoms with Gasteiger partial charge in [-0.25, -0.2) is 8.42 Å². The number of nitrogens with one attached hydrogen (secondary N) is 1. The second-order valence-corrected chi connectivity index (χ2v) is 7.40. The summed E-state index contributed by atoms with van der Waals surface area (Å²) in [6.07, 6.45) is 2.39. The average Bonchev–Trinajstić information content (AvgIpc) is 2.94. The van der Waals surface area contributed by atoms with Crippen LogP contribution in [-0.2, 0) is 21.2 Å². The molecule has 1 saturated heterocycles. The molecule has 0 unspecified atom stereocenters. The molecule has 2 heterocycles. The lowest BCUT2D eigenvalue weighted by molar-refractivity contribution is -0.122. The number of hydrogen-bond acceptors (Lipinski definition) is 3. The van der Waals surface area contributed by atoms with E-state index in [1.807, 2.05) is 41.1 Å². The molecule has 3 rings (SSSR count). The number of rotatable bonds is 3. The van der Waals surface area contributed by atoms with Gasteiger partial charge >= 0.3 is 0 Å². The van der Waals surface area contributed by atoms with Crippen LogP contribution in [0.3, 0.4) is 0 Å². The zero-order valence-corrected chi connectivity index (χ0v) is 11.8. The molecular weight excluding hydrogens is 276 g/mol. The highest BCUT2D eigenvalue weighted by molar-refractivity contribution is 7.91. The van der Waals surface area contributed by atoms with Crippen molar-refractivity contribution < 1.29 is 13.2 Å². The quantitative estimate of drug-likeness (QED) is 0.915. The molecule has 0 saturated carbocycles. The van der Waals surface area contributed by atoms with Crippen molar-refractivity contribution >= 4 is 26.6 Å². The number of para-hydroxylation sites is 1. The summed E-state index contributed by atoms with van der Waals surface area (Å²) in [5.41, 5.74) is 1.00. The van der Waals surface area contributed by atoms with Crippen molar-refractivity contribution in [1.82, 2.24) is 9.88 Å². The van der Waals surface area contributed by atoms with E-state index >= 15 is 0 Å². The first kappa shape index (κ1) is 13.2. The van der Waals surface area contributed by atoms with E-state index in [0.717, 1.165) is 10.9 Å². The summed E-state index contributed by atoms with van der Waals surface area (Å²) in [5.74, 6) is 0.0868. The number of fused-ring (bicyclic) bond motifs is 1. The molecular formula is C14H16N2O3S. The number of hydrogen-bond donors (Lipinski definition) is 1. The minimum absolute atomic E-state index is 0.0607. The molecule has 2 aromatic rings. The second kappa shape index (κ2) is 4.94. The minimum atomic E-state index is -2.96. The van der Waals surface area contributed by atoms with Crippen molar-refractivity contribution in [3.63, 3.8) is 0 Å². The van der Waals surface area contributed by atoms with E-state index in [-0.39, 0.29) is 30.0 Å². The second-order valence-electron chi connectivity index (χ2n) is 5.17. The van der Waals surface area contributed by atoms with Gasteiger partial charge in [0.2, 0.25) is 5.91 Å². The normalized spacial score (nSPS) is 21.1. The van der Waals surface area contributed by atoms with Gasteiger partial charge in [0.1, 0.15) is 6.54 Å². The number of carbonyl (C=O) groups is 1. The third-order valence-electron chi connectivity index (χ3n) is 3.59. The average molecular weight is 292 g/mol. The highest BCUT2D eigenvalue weighted by Gasteiger charge is 2.28. The Morgan fingerprint density at radius 3 is 2.85 bits per heavy atom. The van der Waals surface area contributed by atoms with E-state index in [1.54, 1.807) is 0 Å². The van der Waals surface area contributed by atoms with Gasteiger partial charge in [-0.05, 0) is 23.9 Å². The standard InChI is InChI=1S/C14H16N2O3S/c17-14(15-12-6-8-20(18,19)10-12)9-16-7-5-11-3-1-2-4-13(11)16/h1-5,7,12H,6,8-10H2,(H,15,17)/t12-/m1/s1. The first-order valence-corrected chi connectivity index (χ1v) is 8.39. The summed E-state index contributed by atoms with van der Waals surface area (Å²) in [5, 5.41) is 3.89. The van der Waals surface area contributed by atoms with E-state index in [9.17, 15) is 13.2 Å². The van der Waals surface area contributed by atoms with E-state index in [4.69, 9.17) is 0 Å². The molecule has 20 heavy (non-hydrogen) atoms. The molecule has 1 N–H and O–H groups in total. The Morgan fingerprint density at radius 2 is 2.10 bits per heavy atom. The summed E-state index contributed by atoms with van der Waals surface area (Å²) in [6, 6.07) is 9.56. The van der Waals surface area contributed by atoms with Crippen LogP contribution < -0.4 is 5.32 Å². The van der Waals surface area contributed by atoms with Crippen LogP contribution in [0.5, 0.6) is 0 Å². The van der Waals surface area contributed by atoms with Crippen LogP contribution in [0, 0.1) is 0 Å². The van der Waals surface area contributed by atoms with Crippen LogP contribution in [0.2, 0.25) is 0 Å². The van der Waals surface area contributed by atoms with Crippen molar-refractivity contribution in [2.75, 3.05) is 11.5 Å². The maximum absolute atomic E-state index is 12.0. The summed E-state index contributed by atoms with van der Waals surface area (Å²) < 4.78 is 24.6. The number of carbonyl (C=O) groups excluding carboxylic acids is 1. The summed E-state index contributed by atoms with van der Waals surface area (Å²) in [6.45, 7) is 0.212. The molecule has 0 aliphatic carbocycles. The van der Waals surface area contributed by atoms with Gasteiger partial charge in [-0.1, -0.05) is 18.2 Å². The van der Waals surface area contributed by atoms with Gasteiger partial charge in [-0.3, -0.25) is 4.79 Å². The third kappa shape index (κ3) is 2.70. The van der Waals surface area contributed by atoms with Crippen molar-refractivity contribution in [3.8, 4) is 0 Å². The van der Waals surface area contributed by atoms with Crippen molar-refractivity contribution in [3.05, 3.63) is 36.5 Å².